The van der Waals surface area contributed by atoms with Gasteiger partial charge in [0.2, 0.25) is 0 Å². The van der Waals surface area contributed by atoms with Crippen LogP contribution in [0.5, 0.6) is 0 Å². The molecule has 0 amide bonds. The molecule has 1 aromatic rings. The van der Waals surface area contributed by atoms with E-state index >= 15 is 0 Å². The molecule has 2 unspecified atom stereocenters. The van der Waals surface area contributed by atoms with E-state index in [1.807, 2.05) is 0 Å². The highest BCUT2D eigenvalue weighted by Crippen LogP contribution is 2.26. The number of nitrogens with zero attached hydrogens (tertiary/aromatic N) is 1. The molecule has 1 saturated carbocycles. The Kier molecular flexibility index (Phi) is 4.62. The molecule has 0 spiro atoms. The van der Waals surface area contributed by atoms with Crippen LogP contribution in [0.15, 0.2) is 24.3 Å². The first kappa shape index (κ1) is 13.9. The molecule has 0 bridgehead atoms. The molecule has 2 atom stereocenters. The SMILES string of the molecule is CC1CCCCC1NCCN1CCCc2ccccc21. The van der Waals surface area contributed by atoms with Gasteiger partial charge in [0, 0.05) is 31.4 Å². The fraction of sp³-hybridized carbons (Fsp3) is 0.667. The van der Waals surface area contributed by atoms with Crippen molar-refractivity contribution >= 4 is 5.69 Å². The van der Waals surface area contributed by atoms with E-state index in [4.69, 9.17) is 0 Å². The Labute approximate surface area is 123 Å². The Hall–Kier alpha value is -1.02. The maximum absolute atomic E-state index is 3.81. The molecule has 2 aliphatic rings. The summed E-state index contributed by atoms with van der Waals surface area (Å²) >= 11 is 0. The van der Waals surface area contributed by atoms with Gasteiger partial charge < -0.3 is 10.2 Å². The topological polar surface area (TPSA) is 15.3 Å². The standard InChI is InChI=1S/C18H28N2/c1-15-7-2-4-10-17(15)19-12-14-20-13-6-9-16-8-3-5-11-18(16)20/h3,5,8,11,15,17,19H,2,4,6-7,9-10,12-14H2,1H3. The monoisotopic (exact) mass is 272 g/mol. The minimum absolute atomic E-state index is 0.754. The summed E-state index contributed by atoms with van der Waals surface area (Å²) in [5.74, 6) is 0.859. The second-order valence-corrected chi connectivity index (χ2v) is 6.54. The molecule has 1 N–H and O–H groups in total. The van der Waals surface area contributed by atoms with E-state index in [1.165, 1.54) is 56.3 Å². The van der Waals surface area contributed by atoms with Gasteiger partial charge in [0.1, 0.15) is 0 Å². The van der Waals surface area contributed by atoms with Gasteiger partial charge in [0.25, 0.3) is 0 Å². The molecule has 1 aromatic carbocycles. The van der Waals surface area contributed by atoms with Gasteiger partial charge in [-0.1, -0.05) is 38.0 Å². The minimum atomic E-state index is 0.754. The van der Waals surface area contributed by atoms with Crippen LogP contribution in [0.3, 0.4) is 0 Å². The van der Waals surface area contributed by atoms with Gasteiger partial charge >= 0.3 is 0 Å². The van der Waals surface area contributed by atoms with Crippen LogP contribution in [-0.2, 0) is 6.42 Å². The fourth-order valence-electron chi connectivity index (χ4n) is 3.85. The normalized spacial score (nSPS) is 26.4. The third kappa shape index (κ3) is 3.17. The Morgan fingerprint density at radius 1 is 1.15 bits per heavy atom. The van der Waals surface area contributed by atoms with Gasteiger partial charge in [0.15, 0.2) is 0 Å². The lowest BCUT2D eigenvalue weighted by Gasteiger charge is -2.34. The third-order valence-electron chi connectivity index (χ3n) is 5.11. The average Bonchev–Trinajstić information content (AvgIpc) is 2.49. The lowest BCUT2D eigenvalue weighted by atomic mass is 9.86. The fourth-order valence-corrected chi connectivity index (χ4v) is 3.85. The number of nitrogens with one attached hydrogen (secondary N) is 1. The van der Waals surface area contributed by atoms with E-state index in [1.54, 1.807) is 0 Å². The van der Waals surface area contributed by atoms with Crippen LogP contribution in [0.4, 0.5) is 5.69 Å². The summed E-state index contributed by atoms with van der Waals surface area (Å²) in [6.45, 7) is 5.91. The van der Waals surface area contributed by atoms with E-state index in [0.717, 1.165) is 25.0 Å². The van der Waals surface area contributed by atoms with Crippen molar-refractivity contribution in [3.8, 4) is 0 Å². The van der Waals surface area contributed by atoms with Crippen LogP contribution in [0.1, 0.15) is 44.6 Å². The van der Waals surface area contributed by atoms with Crippen LogP contribution in [0, 0.1) is 5.92 Å². The van der Waals surface area contributed by atoms with Crippen molar-refractivity contribution in [3.05, 3.63) is 29.8 Å². The van der Waals surface area contributed by atoms with Crippen molar-refractivity contribution in [2.45, 2.75) is 51.5 Å². The molecule has 2 nitrogen and oxygen atoms in total. The van der Waals surface area contributed by atoms with Crippen molar-refractivity contribution in [1.29, 1.82) is 0 Å². The van der Waals surface area contributed by atoms with E-state index in [9.17, 15) is 0 Å². The smallest absolute Gasteiger partial charge is 0.0399 e. The Balaban J connectivity index is 1.52. The number of anilines is 1. The zero-order chi connectivity index (χ0) is 13.8. The number of para-hydroxylation sites is 1. The summed E-state index contributed by atoms with van der Waals surface area (Å²) in [7, 11) is 0. The summed E-state index contributed by atoms with van der Waals surface area (Å²) < 4.78 is 0. The quantitative estimate of drug-likeness (QED) is 0.901. The van der Waals surface area contributed by atoms with Gasteiger partial charge in [-0.15, -0.1) is 0 Å². The molecular formula is C18H28N2. The molecule has 3 rings (SSSR count). The predicted molar refractivity (Wildman–Crippen MR) is 86.4 cm³/mol. The number of hydrogen-bond acceptors (Lipinski definition) is 2. The molecule has 1 fully saturated rings. The van der Waals surface area contributed by atoms with Crippen molar-refractivity contribution < 1.29 is 0 Å². The zero-order valence-electron chi connectivity index (χ0n) is 12.8. The summed E-state index contributed by atoms with van der Waals surface area (Å²) in [5, 5.41) is 3.81. The molecule has 1 heterocycles. The molecule has 0 radical (unpaired) electrons. The maximum Gasteiger partial charge on any atom is 0.0399 e. The number of hydrogen-bond donors (Lipinski definition) is 1. The molecule has 1 aliphatic heterocycles. The number of rotatable bonds is 4. The van der Waals surface area contributed by atoms with Crippen LogP contribution in [0.2, 0.25) is 0 Å². The van der Waals surface area contributed by atoms with Crippen LogP contribution in [0.25, 0.3) is 0 Å². The lowest BCUT2D eigenvalue weighted by Crippen LogP contribution is -2.42. The van der Waals surface area contributed by atoms with Crippen LogP contribution < -0.4 is 10.2 Å². The highest BCUT2D eigenvalue weighted by Gasteiger charge is 2.21. The zero-order valence-corrected chi connectivity index (χ0v) is 12.8. The lowest BCUT2D eigenvalue weighted by molar-refractivity contribution is 0.282. The van der Waals surface area contributed by atoms with Gasteiger partial charge in [-0.2, -0.15) is 0 Å². The summed E-state index contributed by atoms with van der Waals surface area (Å²) in [6.07, 6.45) is 8.17. The largest absolute Gasteiger partial charge is 0.370 e. The Bertz CT molecular complexity index is 429. The first-order valence-electron chi connectivity index (χ1n) is 8.41. The minimum Gasteiger partial charge on any atom is -0.370 e. The Morgan fingerprint density at radius 3 is 2.90 bits per heavy atom. The molecule has 0 aromatic heterocycles. The second kappa shape index (κ2) is 6.62. The summed E-state index contributed by atoms with van der Waals surface area (Å²) in [4.78, 5) is 2.57. The molecule has 0 saturated heterocycles. The summed E-state index contributed by atoms with van der Waals surface area (Å²) in [6, 6.07) is 9.68. The first-order valence-corrected chi connectivity index (χ1v) is 8.41. The predicted octanol–water partition coefficient (Wildman–Crippen LogP) is 3.61. The molecule has 20 heavy (non-hydrogen) atoms. The van der Waals surface area contributed by atoms with Crippen molar-refractivity contribution in [3.63, 3.8) is 0 Å². The highest BCUT2D eigenvalue weighted by molar-refractivity contribution is 5.55. The first-order chi connectivity index (χ1) is 9.84. The number of aryl methyl sites for hydroxylation is 1. The second-order valence-electron chi connectivity index (χ2n) is 6.54. The van der Waals surface area contributed by atoms with Gasteiger partial charge in [-0.05, 0) is 43.2 Å². The van der Waals surface area contributed by atoms with E-state index < -0.39 is 0 Å². The molecule has 1 aliphatic carbocycles. The van der Waals surface area contributed by atoms with Crippen molar-refractivity contribution in [1.82, 2.24) is 5.32 Å². The highest BCUT2D eigenvalue weighted by atomic mass is 15.2. The van der Waals surface area contributed by atoms with Crippen LogP contribution >= 0.6 is 0 Å². The molecule has 2 heteroatoms. The van der Waals surface area contributed by atoms with Gasteiger partial charge in [0.05, 0.1) is 0 Å². The van der Waals surface area contributed by atoms with Gasteiger partial charge in [-0.3, -0.25) is 0 Å². The van der Waals surface area contributed by atoms with E-state index in [0.29, 0.717) is 0 Å². The summed E-state index contributed by atoms with van der Waals surface area (Å²) in [5.41, 5.74) is 3.00. The van der Waals surface area contributed by atoms with E-state index in [-0.39, 0.29) is 0 Å². The van der Waals surface area contributed by atoms with Crippen molar-refractivity contribution in [2.24, 2.45) is 5.92 Å². The number of fused-ring (bicyclic) bond motifs is 1. The number of benzene rings is 1. The van der Waals surface area contributed by atoms with Crippen LogP contribution in [-0.4, -0.2) is 25.7 Å². The maximum atomic E-state index is 3.81. The van der Waals surface area contributed by atoms with E-state index in [2.05, 4.69) is 41.4 Å². The Morgan fingerprint density at radius 2 is 2.00 bits per heavy atom. The molecular weight excluding hydrogens is 244 g/mol. The third-order valence-corrected chi connectivity index (χ3v) is 5.11. The van der Waals surface area contributed by atoms with Gasteiger partial charge in [-0.25, -0.2) is 0 Å². The molecule has 110 valence electrons. The van der Waals surface area contributed by atoms with Crippen molar-refractivity contribution in [2.75, 3.05) is 24.5 Å². The average molecular weight is 272 g/mol.